The number of ether oxygens (including phenoxy) is 1. The van der Waals surface area contributed by atoms with Gasteiger partial charge < -0.3 is 41.2 Å². The van der Waals surface area contributed by atoms with Gasteiger partial charge in [-0.15, -0.1) is 0 Å². The predicted octanol–water partition coefficient (Wildman–Crippen LogP) is 5.36. The molecule has 0 saturated carbocycles. The van der Waals surface area contributed by atoms with Crippen molar-refractivity contribution in [3.8, 4) is 0 Å². The number of hydrogen-bond donors (Lipinski definition) is 6. The lowest BCUT2D eigenvalue weighted by atomic mass is 9.97. The fourth-order valence-corrected chi connectivity index (χ4v) is 9.60. The average molecular weight is 950 g/mol. The number of nitrogens with one attached hydrogen (secondary N) is 6. The number of rotatable bonds is 10. The second-order valence-corrected chi connectivity index (χ2v) is 19.3. The van der Waals surface area contributed by atoms with Gasteiger partial charge in [-0.05, 0) is 91.8 Å². The number of para-hydroxylation sites is 1. The number of aromatic nitrogens is 1. The van der Waals surface area contributed by atoms with E-state index in [0.29, 0.717) is 24.0 Å². The fourth-order valence-electron chi connectivity index (χ4n) is 9.60. The molecule has 0 bridgehead atoms. The molecule has 2 saturated heterocycles. The van der Waals surface area contributed by atoms with Crippen LogP contribution in [0.1, 0.15) is 62.8 Å². The Morgan fingerprint density at radius 3 is 1.86 bits per heavy atom. The summed E-state index contributed by atoms with van der Waals surface area (Å²) in [6.45, 7) is 7.25. The number of benzene rings is 5. The van der Waals surface area contributed by atoms with Gasteiger partial charge in [0, 0.05) is 49.3 Å². The van der Waals surface area contributed by atoms with Crippen molar-refractivity contribution in [1.82, 2.24) is 36.5 Å². The molecule has 2 aliphatic rings. The van der Waals surface area contributed by atoms with E-state index in [9.17, 15) is 28.4 Å². The number of fused-ring (bicyclic) bond motifs is 3. The molecule has 6 amide bonds. The van der Waals surface area contributed by atoms with Crippen LogP contribution in [0.5, 0.6) is 0 Å². The summed E-state index contributed by atoms with van der Waals surface area (Å²) in [5, 5.41) is 17.2. The standard InChI is InChI=1S/C55H60FN7O7/c1-33(70-55(2,3)4)48-53(68)61-46(29-34-14-6-5-7-15-34)54(69)63-27-13-22-47(63)52(67)60-44(30-37-18-12-17-36-16-8-9-19-40(36)37)49(64)59-45(31-38-32-57-42-21-11-10-20-41(38)42)50(65)58-43(51(66)62-48)28-35-23-25-39(56)26-24-35/h5-12,14-21,23-26,32-33,43-48,57H,13,22,27-31H2,1-4H3,(H,58,65)(H,59,64)(H,60,67)(H,61,68)(H,62,66)/t33-,43+,44+,45-,46+,47+,48+/m1/s1. The van der Waals surface area contributed by atoms with E-state index in [1.54, 1.807) is 33.9 Å². The second-order valence-electron chi connectivity index (χ2n) is 19.3. The molecule has 0 radical (unpaired) electrons. The van der Waals surface area contributed by atoms with E-state index in [0.717, 1.165) is 32.8 Å². The fraction of sp³-hybridized carbons (Fsp3) is 0.345. The van der Waals surface area contributed by atoms with Gasteiger partial charge in [0.2, 0.25) is 35.4 Å². The first-order valence-corrected chi connectivity index (χ1v) is 23.9. The van der Waals surface area contributed by atoms with Crippen LogP contribution in [-0.2, 0) is 59.2 Å². The quantitative estimate of drug-likeness (QED) is 0.107. The van der Waals surface area contributed by atoms with Crippen molar-refractivity contribution in [3.63, 3.8) is 0 Å². The minimum absolute atomic E-state index is 0.0273. The van der Waals surface area contributed by atoms with Crippen LogP contribution in [0, 0.1) is 5.82 Å². The first-order valence-electron chi connectivity index (χ1n) is 23.9. The van der Waals surface area contributed by atoms with Crippen LogP contribution < -0.4 is 26.6 Å². The molecule has 70 heavy (non-hydrogen) atoms. The molecule has 2 aliphatic heterocycles. The number of nitrogens with zero attached hydrogens (tertiary/aromatic N) is 1. The minimum atomic E-state index is -1.40. The Morgan fingerprint density at radius 1 is 0.586 bits per heavy atom. The molecule has 0 aliphatic carbocycles. The third kappa shape index (κ3) is 11.9. The second kappa shape index (κ2) is 21.5. The number of halogens is 1. The summed E-state index contributed by atoms with van der Waals surface area (Å²) < 4.78 is 20.5. The molecule has 6 aromatic rings. The summed E-state index contributed by atoms with van der Waals surface area (Å²) in [7, 11) is 0. The summed E-state index contributed by atoms with van der Waals surface area (Å²) in [4.78, 5) is 94.0. The van der Waals surface area contributed by atoms with Crippen LogP contribution in [0.15, 0.2) is 128 Å². The Bertz CT molecular complexity index is 2860. The maximum absolute atomic E-state index is 15.0. The molecular weight excluding hydrogens is 890 g/mol. The zero-order chi connectivity index (χ0) is 49.5. The maximum atomic E-state index is 15.0. The highest BCUT2D eigenvalue weighted by molar-refractivity contribution is 5.99. The van der Waals surface area contributed by atoms with Crippen molar-refractivity contribution >= 4 is 57.1 Å². The molecule has 14 nitrogen and oxygen atoms in total. The zero-order valence-corrected chi connectivity index (χ0v) is 39.8. The third-order valence-corrected chi connectivity index (χ3v) is 13.0. The van der Waals surface area contributed by atoms with Gasteiger partial charge in [0.25, 0.3) is 0 Å². The lowest BCUT2D eigenvalue weighted by molar-refractivity contribution is -0.144. The minimum Gasteiger partial charge on any atom is -0.370 e. The van der Waals surface area contributed by atoms with Crippen LogP contribution in [0.3, 0.4) is 0 Å². The molecule has 0 spiro atoms. The summed E-state index contributed by atoms with van der Waals surface area (Å²) >= 11 is 0. The Labute approximate surface area is 406 Å². The Morgan fingerprint density at radius 2 is 1.14 bits per heavy atom. The Hall–Kier alpha value is -7.39. The SMILES string of the molecule is C[C@@H](OC(C)(C)C)[C@@H]1NC(=O)[C@H](Cc2ccc(F)cc2)NC(=O)[C@@H](Cc2c[nH]c3ccccc23)NC(=O)[C@H](Cc2cccc3ccccc23)NC(=O)[C@@H]2CCCN2C(=O)[C@H](Cc2ccccc2)NC1=O. The average Bonchev–Trinajstić information content (AvgIpc) is 4.00. The van der Waals surface area contributed by atoms with Crippen molar-refractivity contribution in [3.05, 3.63) is 156 Å². The summed E-state index contributed by atoms with van der Waals surface area (Å²) in [5.74, 6) is -4.47. The molecule has 364 valence electrons. The van der Waals surface area contributed by atoms with Gasteiger partial charge in [-0.3, -0.25) is 28.8 Å². The summed E-state index contributed by atoms with van der Waals surface area (Å²) in [6.07, 6.45) is 1.47. The van der Waals surface area contributed by atoms with Crippen molar-refractivity contribution in [2.45, 2.75) is 114 Å². The van der Waals surface area contributed by atoms with Gasteiger partial charge in [-0.1, -0.05) is 103 Å². The van der Waals surface area contributed by atoms with Gasteiger partial charge in [0.1, 0.15) is 42.1 Å². The molecule has 3 heterocycles. The van der Waals surface area contributed by atoms with Crippen molar-refractivity contribution < 1.29 is 37.9 Å². The number of carbonyl (C=O) groups is 6. The molecule has 7 atom stereocenters. The van der Waals surface area contributed by atoms with Crippen LogP contribution in [-0.4, -0.2) is 99.8 Å². The number of carbonyl (C=O) groups excluding carboxylic acids is 6. The molecule has 5 aromatic carbocycles. The summed E-state index contributed by atoms with van der Waals surface area (Å²) in [6, 6.07) is 28.0. The number of hydrogen-bond acceptors (Lipinski definition) is 7. The van der Waals surface area contributed by atoms with Crippen LogP contribution in [0.4, 0.5) is 4.39 Å². The van der Waals surface area contributed by atoms with E-state index in [4.69, 9.17) is 4.74 Å². The highest BCUT2D eigenvalue weighted by Crippen LogP contribution is 2.25. The Balaban J connectivity index is 1.23. The highest BCUT2D eigenvalue weighted by Gasteiger charge is 2.42. The summed E-state index contributed by atoms with van der Waals surface area (Å²) in [5.41, 5.74) is 2.71. The van der Waals surface area contributed by atoms with Crippen molar-refractivity contribution in [1.29, 1.82) is 0 Å². The third-order valence-electron chi connectivity index (χ3n) is 13.0. The number of H-pyrrole nitrogens is 1. The van der Waals surface area contributed by atoms with Gasteiger partial charge >= 0.3 is 0 Å². The van der Waals surface area contributed by atoms with Crippen molar-refractivity contribution in [2.75, 3.05) is 6.54 Å². The normalized spacial score (nSPS) is 22.6. The molecule has 1 aromatic heterocycles. The van der Waals surface area contributed by atoms with E-state index < -0.39 is 89.2 Å². The topological polar surface area (TPSA) is 191 Å². The zero-order valence-electron chi connectivity index (χ0n) is 39.8. The monoisotopic (exact) mass is 949 g/mol. The Kier molecular flexibility index (Phi) is 15.1. The molecule has 2 fully saturated rings. The number of aromatic amines is 1. The van der Waals surface area contributed by atoms with E-state index in [1.807, 2.05) is 97.1 Å². The van der Waals surface area contributed by atoms with Crippen molar-refractivity contribution in [2.24, 2.45) is 0 Å². The van der Waals surface area contributed by atoms with E-state index in [2.05, 4.69) is 31.6 Å². The lowest BCUT2D eigenvalue weighted by Crippen LogP contribution is -2.63. The van der Waals surface area contributed by atoms with Crippen LogP contribution >= 0.6 is 0 Å². The molecule has 6 N–H and O–H groups in total. The predicted molar refractivity (Wildman–Crippen MR) is 265 cm³/mol. The number of amides is 6. The van der Waals surface area contributed by atoms with Crippen LogP contribution in [0.2, 0.25) is 0 Å². The van der Waals surface area contributed by atoms with Gasteiger partial charge in [-0.2, -0.15) is 0 Å². The maximum Gasteiger partial charge on any atom is 0.246 e. The van der Waals surface area contributed by atoms with E-state index in [1.165, 1.54) is 29.2 Å². The largest absolute Gasteiger partial charge is 0.370 e. The highest BCUT2D eigenvalue weighted by atomic mass is 19.1. The van der Waals surface area contributed by atoms with Crippen LogP contribution in [0.25, 0.3) is 21.7 Å². The van der Waals surface area contributed by atoms with Gasteiger partial charge in [0.15, 0.2) is 0 Å². The molecule has 8 rings (SSSR count). The first-order chi connectivity index (χ1) is 33.6. The first kappa shape index (κ1) is 49.0. The van der Waals surface area contributed by atoms with Gasteiger partial charge in [0.05, 0.1) is 11.7 Å². The van der Waals surface area contributed by atoms with Gasteiger partial charge in [-0.25, -0.2) is 4.39 Å². The lowest BCUT2D eigenvalue weighted by Gasteiger charge is -2.34. The molecule has 15 heteroatoms. The van der Waals surface area contributed by atoms with E-state index in [-0.39, 0.29) is 32.2 Å². The van der Waals surface area contributed by atoms with E-state index >= 15 is 4.79 Å². The smallest absolute Gasteiger partial charge is 0.246 e. The molecular formula is C55H60FN7O7. The molecule has 0 unspecified atom stereocenters.